The second-order valence-electron chi connectivity index (χ2n) is 11.5. The van der Waals surface area contributed by atoms with Crippen molar-refractivity contribution < 1.29 is 24.2 Å². The summed E-state index contributed by atoms with van der Waals surface area (Å²) in [5, 5.41) is 9.30. The Kier molecular flexibility index (Phi) is 7.21. The summed E-state index contributed by atoms with van der Waals surface area (Å²) in [6.45, 7) is 1.30. The second-order valence-corrected chi connectivity index (χ2v) is 12.3. The number of hydrogen-bond acceptors (Lipinski definition) is 5. The van der Waals surface area contributed by atoms with E-state index >= 15 is 0 Å². The highest BCUT2D eigenvalue weighted by Gasteiger charge is 2.48. The van der Waals surface area contributed by atoms with Gasteiger partial charge in [0.1, 0.15) is 29.2 Å². The van der Waals surface area contributed by atoms with Gasteiger partial charge in [-0.25, -0.2) is 14.6 Å². The van der Waals surface area contributed by atoms with Crippen molar-refractivity contribution in [1.29, 1.82) is 0 Å². The van der Waals surface area contributed by atoms with Gasteiger partial charge in [-0.3, -0.25) is 0 Å². The molecule has 1 saturated heterocycles. The van der Waals surface area contributed by atoms with Crippen LogP contribution in [0.15, 0.2) is 59.3 Å². The number of aryl methyl sites for hydroxylation is 1. The SMILES string of the molecule is Cn1cc(Br)nc1C1(OCC(=O)O)CCC2(CCN(C(=O)OCC3c4ccccc4-c4ccccc43)CC2)CC1. The molecule has 3 aliphatic rings. The summed E-state index contributed by atoms with van der Waals surface area (Å²) in [7, 11) is 1.91. The van der Waals surface area contributed by atoms with E-state index < -0.39 is 11.6 Å². The molecule has 6 rings (SSSR count). The number of halogens is 1. The normalized spacial score (nSPS) is 19.3. The lowest BCUT2D eigenvalue weighted by Crippen LogP contribution is -2.48. The molecule has 40 heavy (non-hydrogen) atoms. The van der Waals surface area contributed by atoms with Crippen molar-refractivity contribution in [2.24, 2.45) is 12.5 Å². The van der Waals surface area contributed by atoms with E-state index in [4.69, 9.17) is 9.47 Å². The fourth-order valence-electron chi connectivity index (χ4n) is 7.02. The number of hydrogen-bond donors (Lipinski definition) is 1. The van der Waals surface area contributed by atoms with Crippen molar-refractivity contribution in [3.63, 3.8) is 0 Å². The van der Waals surface area contributed by atoms with Crippen molar-refractivity contribution in [2.45, 2.75) is 50.0 Å². The highest BCUT2D eigenvalue weighted by Crippen LogP contribution is 2.52. The van der Waals surface area contributed by atoms with Gasteiger partial charge in [-0.1, -0.05) is 48.5 Å². The number of aliphatic carboxylic acids is 1. The third-order valence-electron chi connectivity index (χ3n) is 9.26. The van der Waals surface area contributed by atoms with Crippen molar-refractivity contribution >= 4 is 28.0 Å². The van der Waals surface area contributed by atoms with Crippen LogP contribution in [-0.4, -0.2) is 57.9 Å². The Balaban J connectivity index is 1.07. The van der Waals surface area contributed by atoms with E-state index in [-0.39, 0.29) is 24.0 Å². The smallest absolute Gasteiger partial charge is 0.409 e. The Hall–Kier alpha value is -3.17. The van der Waals surface area contributed by atoms with E-state index in [0.29, 0.717) is 37.1 Å². The summed E-state index contributed by atoms with van der Waals surface area (Å²) < 4.78 is 14.6. The third-order valence-corrected chi connectivity index (χ3v) is 9.65. The number of carboxylic acid groups (broad SMARTS) is 1. The number of likely N-dealkylation sites (tertiary alicyclic amines) is 1. The van der Waals surface area contributed by atoms with Crippen LogP contribution >= 0.6 is 15.9 Å². The van der Waals surface area contributed by atoms with Crippen LogP contribution in [0.25, 0.3) is 11.1 Å². The van der Waals surface area contributed by atoms with E-state index in [0.717, 1.165) is 31.5 Å². The Labute approximate surface area is 242 Å². The molecule has 2 aliphatic carbocycles. The molecule has 1 spiro atoms. The van der Waals surface area contributed by atoms with Crippen LogP contribution in [0.3, 0.4) is 0 Å². The standard InChI is InChI=1S/C31H34BrN3O5/c1-34-18-26(32)33-28(34)31(40-20-27(36)37)12-10-30(11-13-31)14-16-35(17-15-30)29(38)39-19-25-23-8-4-2-6-21(23)22-7-3-5-9-24(22)25/h2-9,18,25H,10-17,19-20H2,1H3,(H,36,37). The fraction of sp³-hybridized carbons (Fsp3) is 0.452. The number of nitrogens with zero attached hydrogens (tertiary/aromatic N) is 3. The lowest BCUT2D eigenvalue weighted by Gasteiger charge is -2.49. The van der Waals surface area contributed by atoms with Crippen LogP contribution in [0.4, 0.5) is 4.79 Å². The number of imidazole rings is 1. The fourth-order valence-corrected chi connectivity index (χ4v) is 7.49. The summed E-state index contributed by atoms with van der Waals surface area (Å²) >= 11 is 3.44. The Bertz CT molecular complexity index is 1370. The highest BCUT2D eigenvalue weighted by molar-refractivity contribution is 9.10. The number of aromatic nitrogens is 2. The molecule has 1 aliphatic heterocycles. The van der Waals surface area contributed by atoms with Gasteiger partial charge in [-0.2, -0.15) is 0 Å². The zero-order valence-corrected chi connectivity index (χ0v) is 24.2. The van der Waals surface area contributed by atoms with Gasteiger partial charge in [0.05, 0.1) is 0 Å². The van der Waals surface area contributed by atoms with E-state index in [1.807, 2.05) is 34.8 Å². The number of amides is 1. The van der Waals surface area contributed by atoms with E-state index in [2.05, 4.69) is 57.3 Å². The van der Waals surface area contributed by atoms with Gasteiger partial charge in [0.2, 0.25) is 0 Å². The number of ether oxygens (including phenoxy) is 2. The molecule has 2 heterocycles. The zero-order chi connectivity index (χ0) is 27.9. The molecule has 8 nitrogen and oxygen atoms in total. The maximum atomic E-state index is 13.1. The van der Waals surface area contributed by atoms with Crippen molar-refractivity contribution in [1.82, 2.24) is 14.5 Å². The second kappa shape index (κ2) is 10.7. The molecular weight excluding hydrogens is 574 g/mol. The van der Waals surface area contributed by atoms with Crippen LogP contribution in [-0.2, 0) is 26.9 Å². The molecule has 0 unspecified atom stereocenters. The Morgan fingerprint density at radius 2 is 1.57 bits per heavy atom. The molecule has 0 atom stereocenters. The number of carboxylic acids is 1. The van der Waals surface area contributed by atoms with Gasteiger partial charge in [0.25, 0.3) is 0 Å². The number of piperidine rings is 1. The minimum Gasteiger partial charge on any atom is -0.480 e. The average Bonchev–Trinajstić information content (AvgIpc) is 3.48. The average molecular weight is 609 g/mol. The molecule has 9 heteroatoms. The number of carbonyl (C=O) groups excluding carboxylic acids is 1. The Morgan fingerprint density at radius 1 is 0.975 bits per heavy atom. The first-order valence-corrected chi connectivity index (χ1v) is 14.7. The zero-order valence-electron chi connectivity index (χ0n) is 22.6. The summed E-state index contributed by atoms with van der Waals surface area (Å²) in [5.41, 5.74) is 4.25. The van der Waals surface area contributed by atoms with E-state index in [9.17, 15) is 14.7 Å². The van der Waals surface area contributed by atoms with Gasteiger partial charge in [0.15, 0.2) is 0 Å². The first-order chi connectivity index (χ1) is 19.3. The largest absolute Gasteiger partial charge is 0.480 e. The van der Waals surface area contributed by atoms with Crippen molar-refractivity contribution in [3.05, 3.63) is 76.3 Å². The van der Waals surface area contributed by atoms with Crippen LogP contribution in [0.5, 0.6) is 0 Å². The van der Waals surface area contributed by atoms with Crippen molar-refractivity contribution in [2.75, 3.05) is 26.3 Å². The van der Waals surface area contributed by atoms with Crippen LogP contribution in [0.1, 0.15) is 61.4 Å². The lowest BCUT2D eigenvalue weighted by molar-refractivity contribution is -0.159. The first kappa shape index (κ1) is 27.0. The predicted octanol–water partition coefficient (Wildman–Crippen LogP) is 6.08. The monoisotopic (exact) mass is 607 g/mol. The number of rotatable bonds is 6. The number of fused-ring (bicyclic) bond motifs is 3. The molecular formula is C31H34BrN3O5. The molecule has 0 radical (unpaired) electrons. The van der Waals surface area contributed by atoms with E-state index in [1.54, 1.807) is 0 Å². The molecule has 1 amide bonds. The molecule has 0 bridgehead atoms. The van der Waals surface area contributed by atoms with Crippen molar-refractivity contribution in [3.8, 4) is 11.1 Å². The van der Waals surface area contributed by atoms with Gasteiger partial charge >= 0.3 is 12.1 Å². The molecule has 210 valence electrons. The molecule has 1 saturated carbocycles. The highest BCUT2D eigenvalue weighted by atomic mass is 79.9. The Morgan fingerprint density at radius 3 is 2.12 bits per heavy atom. The summed E-state index contributed by atoms with van der Waals surface area (Å²) in [5.74, 6) is -0.174. The summed E-state index contributed by atoms with van der Waals surface area (Å²) in [6, 6.07) is 16.7. The van der Waals surface area contributed by atoms with Gasteiger partial charge in [-0.05, 0) is 82.1 Å². The minimum atomic E-state index is -0.982. The van der Waals surface area contributed by atoms with Gasteiger partial charge in [0, 0.05) is 32.3 Å². The van der Waals surface area contributed by atoms with Crippen LogP contribution in [0, 0.1) is 5.41 Å². The quantitative estimate of drug-likeness (QED) is 0.365. The topological polar surface area (TPSA) is 93.9 Å². The first-order valence-electron chi connectivity index (χ1n) is 13.9. The maximum Gasteiger partial charge on any atom is 0.409 e. The molecule has 1 aromatic heterocycles. The number of carbonyl (C=O) groups is 2. The number of benzene rings is 2. The van der Waals surface area contributed by atoms with Gasteiger partial charge in [-0.15, -0.1) is 0 Å². The molecule has 1 N–H and O–H groups in total. The molecule has 2 aromatic carbocycles. The minimum absolute atomic E-state index is 0.0518. The van der Waals surface area contributed by atoms with Crippen LogP contribution < -0.4 is 0 Å². The van der Waals surface area contributed by atoms with Crippen LogP contribution in [0.2, 0.25) is 0 Å². The predicted molar refractivity (Wildman–Crippen MR) is 153 cm³/mol. The summed E-state index contributed by atoms with van der Waals surface area (Å²) in [4.78, 5) is 31.0. The third kappa shape index (κ3) is 4.94. The maximum absolute atomic E-state index is 13.1. The lowest BCUT2D eigenvalue weighted by atomic mass is 9.64. The molecule has 3 aromatic rings. The van der Waals surface area contributed by atoms with Gasteiger partial charge < -0.3 is 24.0 Å². The van der Waals surface area contributed by atoms with E-state index in [1.165, 1.54) is 22.3 Å². The summed E-state index contributed by atoms with van der Waals surface area (Å²) in [6.07, 6.45) is 6.62. The molecule has 2 fully saturated rings.